The van der Waals surface area contributed by atoms with E-state index < -0.39 is 6.04 Å². The quantitative estimate of drug-likeness (QED) is 0.657. The molecule has 5 heteroatoms. The van der Waals surface area contributed by atoms with Crippen LogP contribution < -0.4 is 16.0 Å². The summed E-state index contributed by atoms with van der Waals surface area (Å²) in [5.74, 6) is -0.170. The molecule has 1 unspecified atom stereocenters. The summed E-state index contributed by atoms with van der Waals surface area (Å²) < 4.78 is 0. The van der Waals surface area contributed by atoms with Gasteiger partial charge in [-0.1, -0.05) is 38.1 Å². The van der Waals surface area contributed by atoms with Gasteiger partial charge >= 0.3 is 6.03 Å². The molecule has 0 saturated carbocycles. The van der Waals surface area contributed by atoms with Crippen LogP contribution >= 0.6 is 0 Å². The van der Waals surface area contributed by atoms with Gasteiger partial charge in [0.2, 0.25) is 0 Å². The van der Waals surface area contributed by atoms with Crippen LogP contribution in [0.1, 0.15) is 13.8 Å². The molecule has 0 radical (unpaired) electrons. The van der Waals surface area contributed by atoms with Gasteiger partial charge in [-0.05, 0) is 18.1 Å². The van der Waals surface area contributed by atoms with Gasteiger partial charge in [0, 0.05) is 16.5 Å². The lowest BCUT2D eigenvalue weighted by Gasteiger charge is -2.17. The number of urea groups is 1. The molecule has 1 atom stereocenters. The Balaban J connectivity index is 2.15. The summed E-state index contributed by atoms with van der Waals surface area (Å²) in [6.45, 7) is 3.82. The van der Waals surface area contributed by atoms with E-state index in [-0.39, 0.29) is 17.9 Å². The highest BCUT2D eigenvalue weighted by Gasteiger charge is 2.41. The summed E-state index contributed by atoms with van der Waals surface area (Å²) in [6, 6.07) is 10.1. The molecule has 0 spiro atoms. The third-order valence-corrected chi connectivity index (χ3v) is 3.81. The fourth-order valence-electron chi connectivity index (χ4n) is 2.69. The first-order chi connectivity index (χ1) is 10.0. The smallest absolute Gasteiger partial charge is 0.329 e. The number of amides is 3. The van der Waals surface area contributed by atoms with Gasteiger partial charge in [0.25, 0.3) is 5.91 Å². The first-order valence-electron chi connectivity index (χ1n) is 6.92. The van der Waals surface area contributed by atoms with Gasteiger partial charge < -0.3 is 11.1 Å². The maximum absolute atomic E-state index is 12.5. The van der Waals surface area contributed by atoms with Crippen LogP contribution in [-0.4, -0.2) is 18.0 Å². The van der Waals surface area contributed by atoms with Crippen LogP contribution in [0.25, 0.3) is 10.8 Å². The lowest BCUT2D eigenvalue weighted by Crippen LogP contribution is -2.34. The van der Waals surface area contributed by atoms with E-state index in [1.807, 2.05) is 32.0 Å². The van der Waals surface area contributed by atoms with Crippen molar-refractivity contribution in [3.63, 3.8) is 0 Å². The number of benzene rings is 2. The van der Waals surface area contributed by atoms with Crippen molar-refractivity contribution in [3.8, 4) is 0 Å². The molecule has 21 heavy (non-hydrogen) atoms. The summed E-state index contributed by atoms with van der Waals surface area (Å²) in [5, 5.41) is 4.37. The number of carbonyl (C=O) groups is 2. The summed E-state index contributed by atoms with van der Waals surface area (Å²) in [5.41, 5.74) is 7.17. The Kier molecular flexibility index (Phi) is 3.05. The van der Waals surface area contributed by atoms with E-state index in [9.17, 15) is 9.59 Å². The Labute approximate surface area is 122 Å². The van der Waals surface area contributed by atoms with E-state index in [0.717, 1.165) is 10.8 Å². The molecule has 3 N–H and O–H groups in total. The minimum atomic E-state index is -0.478. The molecule has 0 aromatic heterocycles. The molecule has 1 aliphatic heterocycles. The van der Waals surface area contributed by atoms with Crippen LogP contribution in [0.2, 0.25) is 0 Å². The Morgan fingerprint density at radius 2 is 1.76 bits per heavy atom. The maximum Gasteiger partial charge on any atom is 0.329 e. The third-order valence-electron chi connectivity index (χ3n) is 3.81. The van der Waals surface area contributed by atoms with Gasteiger partial charge in [0.05, 0.1) is 5.69 Å². The van der Waals surface area contributed by atoms with E-state index in [0.29, 0.717) is 11.4 Å². The van der Waals surface area contributed by atoms with E-state index in [4.69, 9.17) is 5.73 Å². The second-order valence-electron chi connectivity index (χ2n) is 5.56. The normalized spacial score (nSPS) is 18.6. The van der Waals surface area contributed by atoms with Crippen molar-refractivity contribution in [1.82, 2.24) is 5.32 Å². The summed E-state index contributed by atoms with van der Waals surface area (Å²) >= 11 is 0. The fourth-order valence-corrected chi connectivity index (χ4v) is 2.69. The van der Waals surface area contributed by atoms with Crippen LogP contribution in [0.5, 0.6) is 0 Å². The van der Waals surface area contributed by atoms with Crippen molar-refractivity contribution in [3.05, 3.63) is 36.4 Å². The Morgan fingerprint density at radius 3 is 2.43 bits per heavy atom. The first kappa shape index (κ1) is 13.4. The van der Waals surface area contributed by atoms with Crippen LogP contribution in [0, 0.1) is 5.92 Å². The SMILES string of the molecule is CC(C)C1NC(=O)N(c2cccc3c(N)cccc23)C1=O. The standard InChI is InChI=1S/C16H17N3O2/c1-9(2)14-15(20)19(16(21)18-14)13-8-4-5-10-11(13)6-3-7-12(10)17/h3-9,14H,17H2,1-2H3,(H,18,21). The van der Waals surface area contributed by atoms with Gasteiger partial charge in [-0.25, -0.2) is 9.69 Å². The molecule has 1 heterocycles. The molecule has 1 saturated heterocycles. The number of anilines is 2. The molecular formula is C16H17N3O2. The highest BCUT2D eigenvalue weighted by molar-refractivity contribution is 6.24. The van der Waals surface area contributed by atoms with Gasteiger partial charge in [-0.2, -0.15) is 0 Å². The van der Waals surface area contributed by atoms with Crippen LogP contribution in [-0.2, 0) is 4.79 Å². The van der Waals surface area contributed by atoms with Crippen LogP contribution in [0.3, 0.4) is 0 Å². The molecule has 2 aromatic rings. The molecule has 0 bridgehead atoms. The number of nitrogens with two attached hydrogens (primary N) is 1. The van der Waals surface area contributed by atoms with E-state index in [1.165, 1.54) is 4.90 Å². The predicted octanol–water partition coefficient (Wildman–Crippen LogP) is 2.50. The first-order valence-corrected chi connectivity index (χ1v) is 6.92. The molecule has 1 fully saturated rings. The zero-order valence-electron chi connectivity index (χ0n) is 12.0. The van der Waals surface area contributed by atoms with Crippen LogP contribution in [0.15, 0.2) is 36.4 Å². The molecule has 0 aliphatic carbocycles. The molecule has 5 nitrogen and oxygen atoms in total. The summed E-state index contributed by atoms with van der Waals surface area (Å²) in [7, 11) is 0. The Morgan fingerprint density at radius 1 is 1.10 bits per heavy atom. The highest BCUT2D eigenvalue weighted by Crippen LogP contribution is 2.32. The predicted molar refractivity (Wildman–Crippen MR) is 83.0 cm³/mol. The lowest BCUT2D eigenvalue weighted by atomic mass is 10.0. The molecule has 2 aromatic carbocycles. The number of nitrogen functional groups attached to an aromatic ring is 1. The molecule has 108 valence electrons. The Hall–Kier alpha value is -2.56. The topological polar surface area (TPSA) is 75.4 Å². The average molecular weight is 283 g/mol. The summed E-state index contributed by atoms with van der Waals surface area (Å²) in [6.07, 6.45) is 0. The highest BCUT2D eigenvalue weighted by atomic mass is 16.2. The lowest BCUT2D eigenvalue weighted by molar-refractivity contribution is -0.119. The number of nitrogens with one attached hydrogen (secondary N) is 1. The number of hydrogen-bond acceptors (Lipinski definition) is 3. The zero-order valence-corrected chi connectivity index (χ0v) is 12.0. The van der Waals surface area contributed by atoms with Gasteiger partial charge in [0.1, 0.15) is 6.04 Å². The summed E-state index contributed by atoms with van der Waals surface area (Å²) in [4.78, 5) is 25.9. The maximum atomic E-state index is 12.5. The minimum Gasteiger partial charge on any atom is -0.398 e. The molecule has 3 rings (SSSR count). The fraction of sp³-hybridized carbons (Fsp3) is 0.250. The van der Waals surface area contributed by atoms with Gasteiger partial charge in [-0.3, -0.25) is 4.79 Å². The van der Waals surface area contributed by atoms with Crippen molar-refractivity contribution in [1.29, 1.82) is 0 Å². The average Bonchev–Trinajstić information content (AvgIpc) is 2.74. The number of rotatable bonds is 2. The number of hydrogen-bond donors (Lipinski definition) is 2. The number of carbonyl (C=O) groups excluding carboxylic acids is 2. The molecule has 3 amide bonds. The van der Waals surface area contributed by atoms with Crippen molar-refractivity contribution in [2.24, 2.45) is 5.92 Å². The van der Waals surface area contributed by atoms with Gasteiger partial charge in [-0.15, -0.1) is 0 Å². The van der Waals surface area contributed by atoms with E-state index in [1.54, 1.807) is 18.2 Å². The number of imide groups is 1. The van der Waals surface area contributed by atoms with E-state index in [2.05, 4.69) is 5.32 Å². The van der Waals surface area contributed by atoms with Crippen molar-refractivity contribution in [2.75, 3.05) is 10.6 Å². The number of nitrogens with zero attached hydrogens (tertiary/aromatic N) is 1. The Bertz CT molecular complexity index is 739. The van der Waals surface area contributed by atoms with Crippen molar-refractivity contribution in [2.45, 2.75) is 19.9 Å². The third kappa shape index (κ3) is 2.01. The monoisotopic (exact) mass is 283 g/mol. The van der Waals surface area contributed by atoms with Crippen LogP contribution in [0.4, 0.5) is 16.2 Å². The second-order valence-corrected chi connectivity index (χ2v) is 5.56. The molecular weight excluding hydrogens is 266 g/mol. The zero-order chi connectivity index (χ0) is 15.1. The van der Waals surface area contributed by atoms with E-state index >= 15 is 0 Å². The second kappa shape index (κ2) is 4.77. The van der Waals surface area contributed by atoms with Gasteiger partial charge in [0.15, 0.2) is 0 Å². The van der Waals surface area contributed by atoms with Crippen molar-refractivity contribution >= 4 is 34.1 Å². The van der Waals surface area contributed by atoms with Crippen molar-refractivity contribution < 1.29 is 9.59 Å². The number of fused-ring (bicyclic) bond motifs is 1. The molecule has 1 aliphatic rings. The largest absolute Gasteiger partial charge is 0.398 e. The minimum absolute atomic E-state index is 0.0477.